The van der Waals surface area contributed by atoms with Crippen LogP contribution in [0.3, 0.4) is 0 Å². The lowest BCUT2D eigenvalue weighted by Crippen LogP contribution is -2.01. The molecule has 5 heteroatoms. The zero-order valence-electron chi connectivity index (χ0n) is 26.7. The standard InChI is InChI=1S/C44H29N3O2/c1-26-15-19-33-34-20-18-31(25-39(34)48-38(33)23-26)43-45-42(30-17-16-27-9-5-6-12-29(27)24-30)46-44(47-43)36-22-21-32(28-10-3-2-4-11-28)41-40(36)35-13-7-8-14-37(35)49-41/h2-22,24-26H,23H2,1H3. The number of nitrogens with zero attached hydrogens (tertiary/aromatic N) is 3. The van der Waals surface area contributed by atoms with Gasteiger partial charge in [-0.1, -0.05) is 110 Å². The maximum absolute atomic E-state index is 6.58. The Hall–Kier alpha value is -6.33. The van der Waals surface area contributed by atoms with Crippen LogP contribution in [0.4, 0.5) is 0 Å². The van der Waals surface area contributed by atoms with Crippen LogP contribution < -0.4 is 0 Å². The number of allylic oxidation sites excluding steroid dienone is 1. The highest BCUT2D eigenvalue weighted by atomic mass is 16.3. The number of hydrogen-bond donors (Lipinski definition) is 0. The van der Waals surface area contributed by atoms with Crippen LogP contribution >= 0.6 is 0 Å². The average molecular weight is 632 g/mol. The van der Waals surface area contributed by atoms with Gasteiger partial charge in [0.2, 0.25) is 0 Å². The van der Waals surface area contributed by atoms with Gasteiger partial charge in [0, 0.05) is 50.4 Å². The van der Waals surface area contributed by atoms with E-state index in [0.717, 1.165) is 78.3 Å². The van der Waals surface area contributed by atoms with Crippen LogP contribution in [0.2, 0.25) is 0 Å². The van der Waals surface area contributed by atoms with Gasteiger partial charge in [-0.15, -0.1) is 0 Å². The number of hydrogen-bond acceptors (Lipinski definition) is 5. The molecule has 1 atom stereocenters. The Labute approximate surface area is 282 Å². The fourth-order valence-corrected chi connectivity index (χ4v) is 7.20. The lowest BCUT2D eigenvalue weighted by molar-refractivity contribution is 0.513. The van der Waals surface area contributed by atoms with Crippen molar-refractivity contribution in [1.29, 1.82) is 0 Å². The summed E-state index contributed by atoms with van der Waals surface area (Å²) in [7, 11) is 0. The molecule has 0 saturated heterocycles. The van der Waals surface area contributed by atoms with E-state index in [-0.39, 0.29) is 0 Å². The first-order chi connectivity index (χ1) is 24.2. The number of fused-ring (bicyclic) bond motifs is 7. The van der Waals surface area contributed by atoms with Crippen molar-refractivity contribution in [2.24, 2.45) is 5.92 Å². The second-order valence-corrected chi connectivity index (χ2v) is 12.9. The van der Waals surface area contributed by atoms with Crippen LogP contribution in [-0.2, 0) is 6.42 Å². The Morgan fingerprint density at radius 3 is 2.14 bits per heavy atom. The molecule has 232 valence electrons. The van der Waals surface area contributed by atoms with Gasteiger partial charge in [-0.05, 0) is 58.7 Å². The maximum Gasteiger partial charge on any atom is 0.164 e. The summed E-state index contributed by atoms with van der Waals surface area (Å²) in [6.45, 7) is 2.21. The highest BCUT2D eigenvalue weighted by molar-refractivity contribution is 6.15. The van der Waals surface area contributed by atoms with Crippen molar-refractivity contribution in [3.05, 3.63) is 145 Å². The molecule has 6 aromatic carbocycles. The minimum Gasteiger partial charge on any atom is -0.460 e. The summed E-state index contributed by atoms with van der Waals surface area (Å²) in [5, 5.41) is 5.40. The van der Waals surface area contributed by atoms with E-state index in [4.69, 9.17) is 23.8 Å². The maximum atomic E-state index is 6.58. The molecule has 0 N–H and O–H groups in total. The van der Waals surface area contributed by atoms with Crippen molar-refractivity contribution in [1.82, 2.24) is 15.0 Å². The van der Waals surface area contributed by atoms with Crippen LogP contribution in [0.1, 0.15) is 18.2 Å². The predicted molar refractivity (Wildman–Crippen MR) is 198 cm³/mol. The van der Waals surface area contributed by atoms with E-state index in [1.807, 2.05) is 24.3 Å². The summed E-state index contributed by atoms with van der Waals surface area (Å²) in [5.74, 6) is 3.26. The van der Waals surface area contributed by atoms with Crippen LogP contribution in [0.15, 0.2) is 142 Å². The second-order valence-electron chi connectivity index (χ2n) is 12.9. The molecule has 9 aromatic rings. The lowest BCUT2D eigenvalue weighted by atomic mass is 9.95. The van der Waals surface area contributed by atoms with Crippen molar-refractivity contribution in [2.45, 2.75) is 13.3 Å². The van der Waals surface area contributed by atoms with Crippen LogP contribution in [0.5, 0.6) is 0 Å². The third-order valence-electron chi connectivity index (χ3n) is 9.66. The molecule has 3 heterocycles. The number of benzene rings is 6. The molecule has 0 amide bonds. The van der Waals surface area contributed by atoms with Gasteiger partial charge < -0.3 is 8.83 Å². The zero-order chi connectivity index (χ0) is 32.5. The van der Waals surface area contributed by atoms with Crippen molar-refractivity contribution in [3.63, 3.8) is 0 Å². The normalized spacial score (nSPS) is 14.3. The van der Waals surface area contributed by atoms with Crippen LogP contribution in [0, 0.1) is 5.92 Å². The summed E-state index contributed by atoms with van der Waals surface area (Å²) < 4.78 is 13.0. The fraction of sp³-hybridized carbons (Fsp3) is 0.0682. The summed E-state index contributed by atoms with van der Waals surface area (Å²) >= 11 is 0. The Kier molecular flexibility index (Phi) is 6.15. The minimum absolute atomic E-state index is 0.451. The molecule has 5 nitrogen and oxygen atoms in total. The smallest absolute Gasteiger partial charge is 0.164 e. The van der Waals surface area contributed by atoms with E-state index >= 15 is 0 Å². The summed E-state index contributed by atoms with van der Waals surface area (Å²) in [6, 6.07) is 43.7. The van der Waals surface area contributed by atoms with Gasteiger partial charge in [-0.2, -0.15) is 0 Å². The van der Waals surface area contributed by atoms with Crippen molar-refractivity contribution in [2.75, 3.05) is 0 Å². The van der Waals surface area contributed by atoms with Gasteiger partial charge in [0.15, 0.2) is 17.5 Å². The molecule has 1 aliphatic rings. The monoisotopic (exact) mass is 631 g/mol. The molecule has 0 saturated carbocycles. The van der Waals surface area contributed by atoms with E-state index in [9.17, 15) is 0 Å². The molecule has 0 fully saturated rings. The number of furan rings is 2. The summed E-state index contributed by atoms with van der Waals surface area (Å²) in [5.41, 5.74) is 8.43. The SMILES string of the molecule is CC1C=Cc2c(oc3cc(-c4nc(-c5ccc6ccccc6c5)nc(-c5ccc(-c6ccccc6)c6oc7ccccc7c56)n4)ccc23)C1. The number of para-hydroxylation sites is 1. The first kappa shape index (κ1) is 27.8. The molecule has 0 spiro atoms. The predicted octanol–water partition coefficient (Wildman–Crippen LogP) is 11.5. The van der Waals surface area contributed by atoms with E-state index in [2.05, 4.69) is 122 Å². The van der Waals surface area contributed by atoms with Gasteiger partial charge in [-0.3, -0.25) is 0 Å². The van der Waals surface area contributed by atoms with Gasteiger partial charge in [-0.25, -0.2) is 15.0 Å². The first-order valence-corrected chi connectivity index (χ1v) is 16.7. The topological polar surface area (TPSA) is 65.0 Å². The zero-order valence-corrected chi connectivity index (χ0v) is 26.7. The first-order valence-electron chi connectivity index (χ1n) is 16.7. The Morgan fingerprint density at radius 2 is 1.27 bits per heavy atom. The highest BCUT2D eigenvalue weighted by Crippen LogP contribution is 2.42. The Balaban J connectivity index is 1.22. The summed E-state index contributed by atoms with van der Waals surface area (Å²) in [4.78, 5) is 15.5. The third-order valence-corrected chi connectivity index (χ3v) is 9.66. The van der Waals surface area contributed by atoms with Crippen LogP contribution in [0.25, 0.3) is 95.0 Å². The highest BCUT2D eigenvalue weighted by Gasteiger charge is 2.22. The molecule has 0 aliphatic heterocycles. The minimum atomic E-state index is 0.451. The molecule has 0 radical (unpaired) electrons. The molecule has 10 rings (SSSR count). The largest absolute Gasteiger partial charge is 0.460 e. The molecule has 49 heavy (non-hydrogen) atoms. The van der Waals surface area contributed by atoms with Gasteiger partial charge in [0.1, 0.15) is 22.5 Å². The second kappa shape index (κ2) is 10.9. The van der Waals surface area contributed by atoms with Gasteiger partial charge >= 0.3 is 0 Å². The third kappa shape index (κ3) is 4.58. The molecule has 1 unspecified atom stereocenters. The molecular weight excluding hydrogens is 603 g/mol. The lowest BCUT2D eigenvalue weighted by Gasteiger charge is -2.11. The van der Waals surface area contributed by atoms with Crippen molar-refractivity contribution < 1.29 is 8.83 Å². The van der Waals surface area contributed by atoms with Crippen molar-refractivity contribution >= 4 is 49.8 Å². The Bertz CT molecular complexity index is 2770. The molecule has 1 aliphatic carbocycles. The number of aromatic nitrogens is 3. The van der Waals surface area contributed by atoms with E-state index < -0.39 is 0 Å². The van der Waals surface area contributed by atoms with Crippen molar-refractivity contribution in [3.8, 4) is 45.3 Å². The summed E-state index contributed by atoms with van der Waals surface area (Å²) in [6.07, 6.45) is 5.33. The molecule has 3 aromatic heterocycles. The van der Waals surface area contributed by atoms with Gasteiger partial charge in [0.25, 0.3) is 0 Å². The van der Waals surface area contributed by atoms with Gasteiger partial charge in [0.05, 0.1) is 0 Å². The van der Waals surface area contributed by atoms with Crippen LogP contribution in [-0.4, -0.2) is 15.0 Å². The van der Waals surface area contributed by atoms with E-state index in [0.29, 0.717) is 23.4 Å². The fourth-order valence-electron chi connectivity index (χ4n) is 7.20. The molecular formula is C44H29N3O2. The Morgan fingerprint density at radius 1 is 0.551 bits per heavy atom. The number of rotatable bonds is 4. The van der Waals surface area contributed by atoms with E-state index in [1.165, 1.54) is 10.9 Å². The quantitative estimate of drug-likeness (QED) is 0.193. The average Bonchev–Trinajstić information content (AvgIpc) is 3.72. The molecule has 0 bridgehead atoms. The van der Waals surface area contributed by atoms with E-state index in [1.54, 1.807) is 0 Å².